The lowest BCUT2D eigenvalue weighted by Gasteiger charge is -2.24. The first kappa shape index (κ1) is 14.8. The van der Waals surface area contributed by atoms with Crippen LogP contribution in [-0.2, 0) is 10.0 Å². The van der Waals surface area contributed by atoms with Crippen molar-refractivity contribution in [2.45, 2.75) is 32.2 Å². The predicted molar refractivity (Wildman–Crippen MR) is 74.1 cm³/mol. The summed E-state index contributed by atoms with van der Waals surface area (Å²) in [4.78, 5) is 4.43. The summed E-state index contributed by atoms with van der Waals surface area (Å²) < 4.78 is 24.1. The standard InChI is InChI=1S/C10H21N3O2S2/c1-3-9-5-8-16-10(13-9)11-6-4-7-12-17(2,14)15/h9,12H,3-8H2,1-2H3,(H,11,13). The van der Waals surface area contributed by atoms with Gasteiger partial charge in [0.25, 0.3) is 0 Å². The maximum atomic E-state index is 10.8. The first-order chi connectivity index (χ1) is 8.01. The fraction of sp³-hybridized carbons (Fsp3) is 0.900. The third kappa shape index (κ3) is 6.90. The number of amidine groups is 1. The second-order valence-corrected chi connectivity index (χ2v) is 7.01. The summed E-state index contributed by atoms with van der Waals surface area (Å²) in [6, 6.07) is 0.546. The Morgan fingerprint density at radius 1 is 1.59 bits per heavy atom. The van der Waals surface area contributed by atoms with Crippen LogP contribution in [0.25, 0.3) is 0 Å². The Morgan fingerprint density at radius 3 is 3.00 bits per heavy atom. The Balaban J connectivity index is 2.20. The van der Waals surface area contributed by atoms with Crippen molar-refractivity contribution in [3.8, 4) is 0 Å². The zero-order valence-corrected chi connectivity index (χ0v) is 12.0. The molecule has 0 spiro atoms. The van der Waals surface area contributed by atoms with Gasteiger partial charge < -0.3 is 5.32 Å². The molecule has 0 aromatic rings. The van der Waals surface area contributed by atoms with E-state index in [1.54, 1.807) is 11.8 Å². The Kier molecular flexibility index (Phi) is 6.29. The molecule has 1 unspecified atom stereocenters. The second-order valence-electron chi connectivity index (χ2n) is 4.09. The van der Waals surface area contributed by atoms with Gasteiger partial charge in [-0.05, 0) is 19.3 Å². The molecule has 1 atom stereocenters. The average Bonchev–Trinajstić information content (AvgIpc) is 2.27. The van der Waals surface area contributed by atoms with Crippen molar-refractivity contribution in [3.05, 3.63) is 0 Å². The summed E-state index contributed by atoms with van der Waals surface area (Å²) in [5.74, 6) is 1.12. The Bertz CT molecular complexity index is 355. The zero-order valence-electron chi connectivity index (χ0n) is 10.4. The highest BCUT2D eigenvalue weighted by Crippen LogP contribution is 2.15. The van der Waals surface area contributed by atoms with Crippen molar-refractivity contribution in [1.82, 2.24) is 10.0 Å². The predicted octanol–water partition coefficient (Wildman–Crippen LogP) is 0.787. The van der Waals surface area contributed by atoms with Crippen molar-refractivity contribution in [1.29, 1.82) is 0 Å². The lowest BCUT2D eigenvalue weighted by atomic mass is 10.2. The van der Waals surface area contributed by atoms with Gasteiger partial charge in [0.2, 0.25) is 10.0 Å². The summed E-state index contributed by atoms with van der Waals surface area (Å²) in [7, 11) is -3.06. The Hall–Kier alpha value is -0.270. The van der Waals surface area contributed by atoms with E-state index < -0.39 is 10.0 Å². The molecule has 0 radical (unpaired) electrons. The van der Waals surface area contributed by atoms with Crippen LogP contribution in [0.4, 0.5) is 0 Å². The summed E-state index contributed by atoms with van der Waals surface area (Å²) in [6.45, 7) is 3.28. The number of nitrogens with zero attached hydrogens (tertiary/aromatic N) is 1. The molecule has 1 fully saturated rings. The lowest BCUT2D eigenvalue weighted by Crippen LogP contribution is -2.37. The molecular formula is C10H21N3O2S2. The van der Waals surface area contributed by atoms with E-state index in [4.69, 9.17) is 0 Å². The largest absolute Gasteiger partial charge is 0.362 e. The van der Waals surface area contributed by atoms with E-state index in [2.05, 4.69) is 22.0 Å². The second kappa shape index (κ2) is 7.23. The van der Waals surface area contributed by atoms with Crippen molar-refractivity contribution in [2.24, 2.45) is 4.99 Å². The van der Waals surface area contributed by atoms with E-state index >= 15 is 0 Å². The summed E-state index contributed by atoms with van der Waals surface area (Å²) in [6.07, 6.45) is 4.21. The fourth-order valence-electron chi connectivity index (χ4n) is 1.50. The number of sulfonamides is 1. The van der Waals surface area contributed by atoms with Gasteiger partial charge in [-0.2, -0.15) is 0 Å². The van der Waals surface area contributed by atoms with Crippen LogP contribution in [0.2, 0.25) is 0 Å². The van der Waals surface area contributed by atoms with E-state index in [1.807, 2.05) is 0 Å². The van der Waals surface area contributed by atoms with Crippen LogP contribution >= 0.6 is 11.8 Å². The maximum Gasteiger partial charge on any atom is 0.208 e. The van der Waals surface area contributed by atoms with Crippen LogP contribution in [0, 0.1) is 0 Å². The number of nitrogens with one attached hydrogen (secondary N) is 2. The first-order valence-corrected chi connectivity index (χ1v) is 8.77. The summed E-state index contributed by atoms with van der Waals surface area (Å²) >= 11 is 1.75. The molecular weight excluding hydrogens is 258 g/mol. The molecule has 5 nitrogen and oxygen atoms in total. The van der Waals surface area contributed by atoms with Gasteiger partial charge in [-0.15, -0.1) is 0 Å². The van der Waals surface area contributed by atoms with Gasteiger partial charge in [0.1, 0.15) is 0 Å². The first-order valence-electron chi connectivity index (χ1n) is 5.89. The van der Waals surface area contributed by atoms with Crippen LogP contribution in [0.5, 0.6) is 0 Å². The van der Waals surface area contributed by atoms with E-state index in [-0.39, 0.29) is 0 Å². The van der Waals surface area contributed by atoms with Crippen molar-refractivity contribution in [3.63, 3.8) is 0 Å². The maximum absolute atomic E-state index is 10.8. The molecule has 1 rings (SSSR count). The van der Waals surface area contributed by atoms with Crippen LogP contribution in [-0.4, -0.2) is 44.7 Å². The third-order valence-electron chi connectivity index (χ3n) is 2.48. The molecule has 100 valence electrons. The number of rotatable bonds is 6. The minimum Gasteiger partial charge on any atom is -0.362 e. The summed E-state index contributed by atoms with van der Waals surface area (Å²) in [5.41, 5.74) is 0. The highest BCUT2D eigenvalue weighted by Gasteiger charge is 2.14. The van der Waals surface area contributed by atoms with Crippen LogP contribution in [0.3, 0.4) is 0 Å². The molecule has 0 saturated carbocycles. The minimum absolute atomic E-state index is 0.456. The smallest absolute Gasteiger partial charge is 0.208 e. The SMILES string of the molecule is CCC1CCSC(=NCCCNS(C)(=O)=O)N1. The molecule has 0 aliphatic carbocycles. The fourth-order valence-corrected chi connectivity index (χ4v) is 3.04. The molecule has 1 heterocycles. The van der Waals surface area contributed by atoms with Crippen molar-refractivity contribution < 1.29 is 8.42 Å². The van der Waals surface area contributed by atoms with Gasteiger partial charge in [0.05, 0.1) is 6.26 Å². The Labute approximate surface area is 108 Å². The number of thioether (sulfide) groups is 1. The highest BCUT2D eigenvalue weighted by atomic mass is 32.2. The number of hydrogen-bond donors (Lipinski definition) is 2. The normalized spacial score (nSPS) is 23.6. The molecule has 1 aliphatic rings. The Morgan fingerprint density at radius 2 is 2.35 bits per heavy atom. The van der Waals surface area contributed by atoms with Crippen LogP contribution < -0.4 is 10.0 Å². The molecule has 0 bridgehead atoms. The van der Waals surface area contributed by atoms with Crippen molar-refractivity contribution in [2.75, 3.05) is 25.1 Å². The quantitative estimate of drug-likeness (QED) is 0.705. The molecule has 1 aliphatic heterocycles. The van der Waals surface area contributed by atoms with E-state index in [1.165, 1.54) is 12.7 Å². The molecule has 0 aromatic carbocycles. The summed E-state index contributed by atoms with van der Waals surface area (Å²) in [5, 5.41) is 4.39. The molecule has 2 N–H and O–H groups in total. The topological polar surface area (TPSA) is 70.6 Å². The van der Waals surface area contributed by atoms with Gasteiger partial charge in [0.15, 0.2) is 5.17 Å². The molecule has 0 aromatic heterocycles. The van der Waals surface area contributed by atoms with Crippen LogP contribution in [0.15, 0.2) is 4.99 Å². The van der Waals surface area contributed by atoms with Crippen LogP contribution in [0.1, 0.15) is 26.2 Å². The molecule has 0 amide bonds. The number of hydrogen-bond acceptors (Lipinski definition) is 4. The van der Waals surface area contributed by atoms with Gasteiger partial charge >= 0.3 is 0 Å². The van der Waals surface area contributed by atoms with Gasteiger partial charge in [-0.25, -0.2) is 13.1 Å². The molecule has 7 heteroatoms. The van der Waals surface area contributed by atoms with Gasteiger partial charge in [0, 0.05) is 24.9 Å². The van der Waals surface area contributed by atoms with Gasteiger partial charge in [-0.1, -0.05) is 18.7 Å². The highest BCUT2D eigenvalue weighted by molar-refractivity contribution is 8.13. The third-order valence-corrected chi connectivity index (χ3v) is 4.17. The number of aliphatic imine (C=N–C) groups is 1. The zero-order chi connectivity index (χ0) is 12.7. The lowest BCUT2D eigenvalue weighted by molar-refractivity contribution is 0.570. The van der Waals surface area contributed by atoms with E-state index in [0.29, 0.717) is 19.1 Å². The van der Waals surface area contributed by atoms with Gasteiger partial charge in [-0.3, -0.25) is 4.99 Å². The monoisotopic (exact) mass is 279 g/mol. The average molecular weight is 279 g/mol. The minimum atomic E-state index is -3.06. The van der Waals surface area contributed by atoms with Crippen molar-refractivity contribution >= 4 is 27.0 Å². The van der Waals surface area contributed by atoms with E-state index in [0.717, 1.165) is 23.8 Å². The molecule has 17 heavy (non-hydrogen) atoms. The van der Waals surface area contributed by atoms with E-state index in [9.17, 15) is 8.42 Å². The molecule has 1 saturated heterocycles.